The first-order valence-electron chi connectivity index (χ1n) is 7.85. The lowest BCUT2D eigenvalue weighted by Gasteiger charge is -2.26. The molecule has 0 saturated carbocycles. The van der Waals surface area contributed by atoms with Crippen molar-refractivity contribution in [2.24, 2.45) is 0 Å². The van der Waals surface area contributed by atoms with Crippen molar-refractivity contribution in [1.29, 1.82) is 0 Å². The van der Waals surface area contributed by atoms with Gasteiger partial charge in [0, 0.05) is 25.0 Å². The number of aromatic nitrogens is 2. The van der Waals surface area contributed by atoms with Gasteiger partial charge in [-0.05, 0) is 51.5 Å². The summed E-state index contributed by atoms with van der Waals surface area (Å²) in [6, 6.07) is 4.31. The summed E-state index contributed by atoms with van der Waals surface area (Å²) in [6.45, 7) is 6.69. The average Bonchev–Trinajstić information content (AvgIpc) is 2.51. The third-order valence-corrected chi connectivity index (χ3v) is 3.34. The lowest BCUT2D eigenvalue weighted by Crippen LogP contribution is -2.35. The Bertz CT molecular complexity index is 814. The molecule has 2 heterocycles. The summed E-state index contributed by atoms with van der Waals surface area (Å²) in [5, 5.41) is 0. The third-order valence-electron chi connectivity index (χ3n) is 3.34. The van der Waals surface area contributed by atoms with Gasteiger partial charge in [-0.1, -0.05) is 0 Å². The molecule has 2 rings (SSSR count). The zero-order valence-corrected chi connectivity index (χ0v) is 15.2. The van der Waals surface area contributed by atoms with Crippen LogP contribution in [0, 0.1) is 6.92 Å². The highest BCUT2D eigenvalue weighted by Gasteiger charge is 2.38. The Morgan fingerprint density at radius 2 is 1.81 bits per heavy atom. The van der Waals surface area contributed by atoms with Gasteiger partial charge in [-0.15, -0.1) is 0 Å². The van der Waals surface area contributed by atoms with Crippen LogP contribution in [-0.4, -0.2) is 28.7 Å². The van der Waals surface area contributed by atoms with Crippen molar-refractivity contribution in [3.8, 4) is 11.3 Å². The fraction of sp³-hybridized carbons (Fsp3) is 0.389. The normalized spacial score (nSPS) is 12.0. The van der Waals surface area contributed by atoms with Gasteiger partial charge < -0.3 is 4.74 Å². The van der Waals surface area contributed by atoms with Crippen molar-refractivity contribution in [3.63, 3.8) is 0 Å². The summed E-state index contributed by atoms with van der Waals surface area (Å²) >= 11 is 0. The van der Waals surface area contributed by atoms with Crippen LogP contribution < -0.4 is 4.90 Å². The fourth-order valence-electron chi connectivity index (χ4n) is 2.22. The van der Waals surface area contributed by atoms with Crippen LogP contribution in [0.4, 0.5) is 23.7 Å². The molecule has 0 fully saturated rings. The lowest BCUT2D eigenvalue weighted by atomic mass is 10.1. The number of aryl methyl sites for hydroxylation is 1. The molecule has 0 saturated heterocycles. The maximum atomic E-state index is 13.5. The van der Waals surface area contributed by atoms with Gasteiger partial charge in [0.05, 0.1) is 11.4 Å². The van der Waals surface area contributed by atoms with E-state index >= 15 is 0 Å². The molecule has 0 N–H and O–H groups in total. The van der Waals surface area contributed by atoms with Gasteiger partial charge in [-0.25, -0.2) is 9.78 Å². The Balaban J connectivity index is 2.49. The van der Waals surface area contributed by atoms with Gasteiger partial charge in [-0.2, -0.15) is 13.2 Å². The molecule has 0 unspecified atom stereocenters. The predicted molar refractivity (Wildman–Crippen MR) is 91.8 cm³/mol. The van der Waals surface area contributed by atoms with E-state index in [2.05, 4.69) is 9.97 Å². The van der Waals surface area contributed by atoms with Crippen LogP contribution in [0.5, 0.6) is 0 Å². The van der Waals surface area contributed by atoms with Crippen molar-refractivity contribution in [2.75, 3.05) is 11.9 Å². The van der Waals surface area contributed by atoms with Crippen LogP contribution >= 0.6 is 0 Å². The second-order valence-electron chi connectivity index (χ2n) is 6.85. The molecule has 1 amide bonds. The largest absolute Gasteiger partial charge is 0.443 e. The fourth-order valence-corrected chi connectivity index (χ4v) is 2.22. The van der Waals surface area contributed by atoms with Gasteiger partial charge in [-0.3, -0.25) is 9.88 Å². The Kier molecular flexibility index (Phi) is 5.25. The van der Waals surface area contributed by atoms with Crippen LogP contribution in [0.15, 0.2) is 30.6 Å². The second-order valence-corrected chi connectivity index (χ2v) is 6.85. The zero-order valence-electron chi connectivity index (χ0n) is 15.2. The molecular weight excluding hydrogens is 347 g/mol. The number of rotatable bonds is 2. The quantitative estimate of drug-likeness (QED) is 0.762. The van der Waals surface area contributed by atoms with E-state index in [1.165, 1.54) is 25.4 Å². The average molecular weight is 367 g/mol. The van der Waals surface area contributed by atoms with E-state index in [9.17, 15) is 18.0 Å². The summed E-state index contributed by atoms with van der Waals surface area (Å²) in [7, 11) is 1.22. The van der Waals surface area contributed by atoms with Crippen molar-refractivity contribution < 1.29 is 22.7 Å². The summed E-state index contributed by atoms with van der Waals surface area (Å²) in [5.74, 6) is 0. The Hall–Kier alpha value is -2.64. The summed E-state index contributed by atoms with van der Waals surface area (Å²) in [6.07, 6.45) is -2.60. The molecule has 2 aromatic heterocycles. The van der Waals surface area contributed by atoms with Crippen LogP contribution in [0.1, 0.15) is 32.0 Å². The molecule has 0 bridgehead atoms. The van der Waals surface area contributed by atoms with Crippen LogP contribution in [0.3, 0.4) is 0 Å². The maximum absolute atomic E-state index is 13.5. The van der Waals surface area contributed by atoms with E-state index in [-0.39, 0.29) is 11.4 Å². The monoisotopic (exact) mass is 367 g/mol. The smallest absolute Gasteiger partial charge is 0.435 e. The number of pyridine rings is 2. The molecule has 0 aliphatic carbocycles. The topological polar surface area (TPSA) is 55.3 Å². The second kappa shape index (κ2) is 6.93. The van der Waals surface area contributed by atoms with Crippen molar-refractivity contribution in [3.05, 3.63) is 41.9 Å². The van der Waals surface area contributed by atoms with Crippen LogP contribution in [0.2, 0.25) is 0 Å². The van der Waals surface area contributed by atoms with E-state index in [0.717, 1.165) is 10.5 Å². The van der Waals surface area contributed by atoms with Crippen molar-refractivity contribution >= 4 is 11.8 Å². The third kappa shape index (κ3) is 4.71. The number of amides is 1. The highest BCUT2D eigenvalue weighted by molar-refractivity contribution is 5.88. The molecule has 0 aliphatic rings. The summed E-state index contributed by atoms with van der Waals surface area (Å²) in [4.78, 5) is 20.7. The number of carbonyl (C=O) groups excluding carboxylic acids is 1. The highest BCUT2D eigenvalue weighted by atomic mass is 19.4. The molecule has 0 aliphatic heterocycles. The molecule has 8 heteroatoms. The molecule has 26 heavy (non-hydrogen) atoms. The molecule has 140 valence electrons. The Labute approximate surface area is 149 Å². The number of hydrogen-bond donors (Lipinski definition) is 0. The minimum absolute atomic E-state index is 0.120. The summed E-state index contributed by atoms with van der Waals surface area (Å²) < 4.78 is 45.7. The first-order valence-corrected chi connectivity index (χ1v) is 7.85. The zero-order chi connectivity index (χ0) is 19.7. The number of halogens is 3. The molecule has 0 spiro atoms. The van der Waals surface area contributed by atoms with Crippen molar-refractivity contribution in [2.45, 2.75) is 39.5 Å². The molecular formula is C18H20F3N3O2. The minimum Gasteiger partial charge on any atom is -0.443 e. The standard InChI is InChI=1S/C18H20F3N3O2/c1-11-8-12(10-22-9-11)13-6-7-14(15(23-13)18(19,20)21)24(5)16(25)26-17(2,3)4/h6-10H,1-5H3. The SMILES string of the molecule is Cc1cncc(-c2ccc(N(C)C(=O)OC(C)(C)C)c(C(F)(F)F)n2)c1. The molecule has 5 nitrogen and oxygen atoms in total. The number of alkyl halides is 3. The number of ether oxygens (including phenoxy) is 1. The van der Waals surface area contributed by atoms with Crippen molar-refractivity contribution in [1.82, 2.24) is 9.97 Å². The summed E-state index contributed by atoms with van der Waals surface area (Å²) in [5.41, 5.74) is -0.990. The van der Waals surface area contributed by atoms with Gasteiger partial charge in [0.1, 0.15) is 5.60 Å². The van der Waals surface area contributed by atoms with E-state index in [1.54, 1.807) is 40.0 Å². The van der Waals surface area contributed by atoms with Gasteiger partial charge >= 0.3 is 12.3 Å². The van der Waals surface area contributed by atoms with Crippen LogP contribution in [0.25, 0.3) is 11.3 Å². The van der Waals surface area contributed by atoms with E-state index in [4.69, 9.17) is 4.74 Å². The minimum atomic E-state index is -4.74. The first-order chi connectivity index (χ1) is 11.9. The number of anilines is 1. The predicted octanol–water partition coefficient (Wildman–Crippen LogP) is 4.84. The van der Waals surface area contributed by atoms with E-state index < -0.39 is 23.6 Å². The number of carbonyl (C=O) groups is 1. The van der Waals surface area contributed by atoms with Gasteiger partial charge in [0.15, 0.2) is 5.69 Å². The molecule has 0 atom stereocenters. The molecule has 0 radical (unpaired) electrons. The number of nitrogens with zero attached hydrogens (tertiary/aromatic N) is 3. The number of hydrogen-bond acceptors (Lipinski definition) is 4. The molecule has 0 aromatic carbocycles. The Morgan fingerprint density at radius 1 is 1.15 bits per heavy atom. The first kappa shape index (κ1) is 19.7. The maximum Gasteiger partial charge on any atom is 0.435 e. The van der Waals surface area contributed by atoms with Crippen LogP contribution in [-0.2, 0) is 10.9 Å². The lowest BCUT2D eigenvalue weighted by molar-refractivity contribution is -0.140. The highest BCUT2D eigenvalue weighted by Crippen LogP contribution is 2.36. The van der Waals surface area contributed by atoms with E-state index in [1.807, 2.05) is 0 Å². The van der Waals surface area contributed by atoms with E-state index in [0.29, 0.717) is 5.56 Å². The molecule has 2 aromatic rings. The van der Waals surface area contributed by atoms with Gasteiger partial charge in [0.2, 0.25) is 0 Å². The Morgan fingerprint density at radius 3 is 2.35 bits per heavy atom. The van der Waals surface area contributed by atoms with Gasteiger partial charge in [0.25, 0.3) is 0 Å².